The number of nitrogens with zero attached hydrogens (tertiary/aromatic N) is 5. The fourth-order valence-corrected chi connectivity index (χ4v) is 4.90. The van der Waals surface area contributed by atoms with Crippen molar-refractivity contribution in [3.63, 3.8) is 0 Å². The molecule has 1 saturated carbocycles. The van der Waals surface area contributed by atoms with E-state index < -0.39 is 30.6 Å². The second-order valence-electron chi connectivity index (χ2n) is 9.14. The number of fused-ring (bicyclic) bond motifs is 3. The van der Waals surface area contributed by atoms with Crippen molar-refractivity contribution in [3.8, 4) is 5.75 Å². The summed E-state index contributed by atoms with van der Waals surface area (Å²) in [7, 11) is 0. The van der Waals surface area contributed by atoms with Crippen LogP contribution in [0.3, 0.4) is 0 Å². The molecule has 0 amide bonds. The van der Waals surface area contributed by atoms with Crippen molar-refractivity contribution in [3.05, 3.63) is 42.4 Å². The summed E-state index contributed by atoms with van der Waals surface area (Å²) in [6.45, 7) is -0.924. The molecule has 2 fully saturated rings. The number of aromatic nitrogens is 4. The van der Waals surface area contributed by atoms with E-state index in [0.29, 0.717) is 18.8 Å². The van der Waals surface area contributed by atoms with Crippen LogP contribution in [0, 0.1) is 11.8 Å². The van der Waals surface area contributed by atoms with Crippen molar-refractivity contribution in [2.24, 2.45) is 11.8 Å². The van der Waals surface area contributed by atoms with E-state index >= 15 is 0 Å². The maximum atomic E-state index is 13.3. The number of piperidine rings is 1. The molecule has 37 heavy (non-hydrogen) atoms. The molecule has 200 valence electrons. The Bertz CT molecular complexity index is 1260. The number of anilines is 2. The predicted molar refractivity (Wildman–Crippen MR) is 115 cm³/mol. The molecule has 2 aliphatic rings. The molecule has 15 heteroatoms. The first-order valence-electron chi connectivity index (χ1n) is 11.3. The molecular weight excluding hydrogens is 516 g/mol. The second-order valence-corrected chi connectivity index (χ2v) is 9.14. The van der Waals surface area contributed by atoms with E-state index in [1.165, 1.54) is 28.9 Å². The normalized spacial score (nSPS) is 22.5. The Morgan fingerprint density at radius 1 is 1.00 bits per heavy atom. The van der Waals surface area contributed by atoms with Gasteiger partial charge in [0.25, 0.3) is 0 Å². The first kappa shape index (κ1) is 25.3. The zero-order valence-electron chi connectivity index (χ0n) is 18.9. The lowest BCUT2D eigenvalue weighted by atomic mass is 9.92. The van der Waals surface area contributed by atoms with Gasteiger partial charge in [0.1, 0.15) is 5.69 Å². The van der Waals surface area contributed by atoms with Gasteiger partial charge in [-0.2, -0.15) is 40.1 Å². The zero-order chi connectivity index (χ0) is 26.6. The molecule has 5 rings (SSSR count). The van der Waals surface area contributed by atoms with Gasteiger partial charge in [0, 0.05) is 37.2 Å². The Balaban J connectivity index is 1.29. The van der Waals surface area contributed by atoms with Crippen molar-refractivity contribution in [1.29, 1.82) is 0 Å². The van der Waals surface area contributed by atoms with Crippen LogP contribution in [0.15, 0.2) is 36.7 Å². The van der Waals surface area contributed by atoms with Crippen LogP contribution in [0.2, 0.25) is 0 Å². The minimum absolute atomic E-state index is 0.0378. The first-order valence-corrected chi connectivity index (χ1v) is 11.3. The highest BCUT2D eigenvalue weighted by Gasteiger charge is 2.58. The van der Waals surface area contributed by atoms with E-state index in [0.717, 1.165) is 25.1 Å². The number of hydrogen-bond donors (Lipinski definition) is 1. The lowest BCUT2D eigenvalue weighted by Gasteiger charge is -2.39. The molecule has 3 aromatic rings. The minimum atomic E-state index is -5.75. The summed E-state index contributed by atoms with van der Waals surface area (Å²) >= 11 is 0. The first-order chi connectivity index (χ1) is 17.3. The third kappa shape index (κ3) is 4.94. The Kier molecular flexibility index (Phi) is 6.06. The predicted octanol–water partition coefficient (Wildman–Crippen LogP) is 5.05. The van der Waals surface area contributed by atoms with Crippen LogP contribution >= 0.6 is 0 Å². The Hall–Kier alpha value is -3.39. The molecule has 3 atom stereocenters. The lowest BCUT2D eigenvalue weighted by Crippen LogP contribution is -2.48. The summed E-state index contributed by atoms with van der Waals surface area (Å²) in [5, 5.41) is 7.45. The quantitative estimate of drug-likeness (QED) is 0.445. The summed E-state index contributed by atoms with van der Waals surface area (Å²) in [5.74, 6) is -5.06. The minimum Gasteiger partial charge on any atom is -0.483 e. The maximum Gasteiger partial charge on any atom is 0.456 e. The van der Waals surface area contributed by atoms with Crippen molar-refractivity contribution >= 4 is 17.3 Å². The van der Waals surface area contributed by atoms with Crippen molar-refractivity contribution in [2.75, 3.05) is 29.9 Å². The van der Waals surface area contributed by atoms with Crippen LogP contribution in [-0.2, 0) is 6.18 Å². The number of halogens is 8. The molecule has 0 aromatic carbocycles. The molecular formula is C22H20F8N6O. The highest BCUT2D eigenvalue weighted by atomic mass is 19.4. The average molecular weight is 536 g/mol. The molecule has 0 spiro atoms. The van der Waals surface area contributed by atoms with Gasteiger partial charge >= 0.3 is 18.3 Å². The molecule has 1 saturated heterocycles. The van der Waals surface area contributed by atoms with Gasteiger partial charge in [-0.1, -0.05) is 0 Å². The fraction of sp³-hybridized carbons (Fsp3) is 0.500. The Labute approximate surface area is 204 Å². The molecule has 2 bridgehead atoms. The molecule has 1 aliphatic heterocycles. The number of pyridine rings is 2. The zero-order valence-corrected chi connectivity index (χ0v) is 18.9. The van der Waals surface area contributed by atoms with Gasteiger partial charge in [0.15, 0.2) is 18.0 Å². The molecule has 7 nitrogen and oxygen atoms in total. The van der Waals surface area contributed by atoms with Crippen molar-refractivity contribution in [2.45, 2.75) is 37.2 Å². The monoisotopic (exact) mass is 536 g/mol. The molecule has 4 heterocycles. The molecule has 0 radical (unpaired) electrons. The summed E-state index contributed by atoms with van der Waals surface area (Å²) in [6.07, 6.45) is -6.07. The van der Waals surface area contributed by atoms with Crippen molar-refractivity contribution in [1.82, 2.24) is 19.6 Å². The summed E-state index contributed by atoms with van der Waals surface area (Å²) in [4.78, 5) is 9.52. The third-order valence-corrected chi connectivity index (χ3v) is 6.68. The van der Waals surface area contributed by atoms with Crippen molar-refractivity contribution < 1.29 is 39.9 Å². The van der Waals surface area contributed by atoms with Gasteiger partial charge < -0.3 is 15.0 Å². The smallest absolute Gasteiger partial charge is 0.456 e. The number of hydrogen-bond acceptors (Lipinski definition) is 6. The number of rotatable bonds is 6. The topological polar surface area (TPSA) is 67.6 Å². The van der Waals surface area contributed by atoms with Crippen LogP contribution in [-0.4, -0.2) is 57.4 Å². The van der Waals surface area contributed by atoms with Gasteiger partial charge in [-0.3, -0.25) is 4.98 Å². The van der Waals surface area contributed by atoms with Gasteiger partial charge in [0.05, 0.1) is 0 Å². The van der Waals surface area contributed by atoms with Crippen LogP contribution in [0.1, 0.15) is 18.5 Å². The van der Waals surface area contributed by atoms with Gasteiger partial charge in [0.2, 0.25) is 5.95 Å². The van der Waals surface area contributed by atoms with E-state index in [1.807, 2.05) is 4.90 Å². The summed E-state index contributed by atoms with van der Waals surface area (Å²) in [6, 6.07) is 5.05. The molecule has 1 N–H and O–H groups in total. The van der Waals surface area contributed by atoms with E-state index in [1.54, 1.807) is 0 Å². The second kappa shape index (κ2) is 8.87. The average Bonchev–Trinajstić information content (AvgIpc) is 3.32. The van der Waals surface area contributed by atoms with Crippen LogP contribution in [0.4, 0.5) is 46.8 Å². The molecule has 1 aliphatic carbocycles. The van der Waals surface area contributed by atoms with Crippen LogP contribution in [0.5, 0.6) is 5.75 Å². The SMILES string of the molecule is FC(F)(F)c1cc(N2C[C@H]3CC[C@@H](C2)[C@@H]3Nc2nc3c(OCC(F)(F)C(F)(F)F)cccn3n2)ccn1. The van der Waals surface area contributed by atoms with E-state index in [-0.39, 0.29) is 35.2 Å². The van der Waals surface area contributed by atoms with E-state index in [4.69, 9.17) is 4.74 Å². The third-order valence-electron chi connectivity index (χ3n) is 6.68. The number of nitrogens with one attached hydrogen (secondary N) is 1. The van der Waals surface area contributed by atoms with Crippen LogP contribution in [0.25, 0.3) is 5.65 Å². The molecule has 0 unspecified atom stereocenters. The van der Waals surface area contributed by atoms with Crippen LogP contribution < -0.4 is 15.0 Å². The Morgan fingerprint density at radius 3 is 2.35 bits per heavy atom. The van der Waals surface area contributed by atoms with Gasteiger partial charge in [-0.05, 0) is 48.9 Å². The number of ether oxygens (including phenoxy) is 1. The highest BCUT2D eigenvalue weighted by Crippen LogP contribution is 2.41. The van der Waals surface area contributed by atoms with E-state index in [9.17, 15) is 35.1 Å². The Morgan fingerprint density at radius 2 is 1.70 bits per heavy atom. The van der Waals surface area contributed by atoms with Gasteiger partial charge in [-0.25, -0.2) is 4.52 Å². The standard InChI is InChI=1S/C22H20F8N6O/c23-20(24,22(28,29)30)11-37-15-2-1-7-36-18(15)33-19(34-36)32-17-12-3-4-13(17)10-35(9-12)14-5-6-31-16(8-14)21(25,26)27/h1-2,5-8,12-13,17H,3-4,9-11H2,(H,32,34)/t12-,13+,17-. The summed E-state index contributed by atoms with van der Waals surface area (Å²) in [5.41, 5.74) is -0.567. The maximum absolute atomic E-state index is 13.3. The molecule has 3 aromatic heterocycles. The highest BCUT2D eigenvalue weighted by molar-refractivity contribution is 5.56. The lowest BCUT2D eigenvalue weighted by molar-refractivity contribution is -0.289. The van der Waals surface area contributed by atoms with Gasteiger partial charge in [-0.15, -0.1) is 5.10 Å². The fourth-order valence-electron chi connectivity index (χ4n) is 4.90. The van der Waals surface area contributed by atoms with E-state index in [2.05, 4.69) is 20.4 Å². The summed E-state index contributed by atoms with van der Waals surface area (Å²) < 4.78 is 109. The number of alkyl halides is 8. The largest absolute Gasteiger partial charge is 0.483 e.